The Morgan fingerprint density at radius 1 is 1.00 bits per heavy atom. The molecule has 0 aromatic heterocycles. The summed E-state index contributed by atoms with van der Waals surface area (Å²) in [5.41, 5.74) is 8.71. The van der Waals surface area contributed by atoms with E-state index >= 15 is 0 Å². The molecule has 0 aliphatic rings. The van der Waals surface area contributed by atoms with E-state index in [0.717, 1.165) is 16.8 Å². The first-order valence-corrected chi connectivity index (χ1v) is 9.82. The number of benzene rings is 2. The van der Waals surface area contributed by atoms with Crippen LogP contribution in [-0.4, -0.2) is 46.5 Å². The second kappa shape index (κ2) is 8.47. The second-order valence-corrected chi connectivity index (χ2v) is 8.21. The normalized spacial score (nSPS) is 11.7. The monoisotopic (exact) mass is 361 g/mol. The van der Waals surface area contributed by atoms with Crippen LogP contribution in [0.2, 0.25) is 0 Å². The summed E-state index contributed by atoms with van der Waals surface area (Å²) in [7, 11) is 0.238. The largest absolute Gasteiger partial charge is 0.377 e. The Morgan fingerprint density at radius 2 is 1.68 bits per heavy atom. The lowest BCUT2D eigenvalue weighted by molar-refractivity contribution is 0.421. The zero-order chi connectivity index (χ0) is 18.4. The summed E-state index contributed by atoms with van der Waals surface area (Å²) in [5, 5.41) is 0. The van der Waals surface area contributed by atoms with Crippen LogP contribution < -0.4 is 10.6 Å². The molecule has 6 heteroatoms. The Balaban J connectivity index is 2.28. The summed E-state index contributed by atoms with van der Waals surface area (Å²) in [6.45, 7) is 2.98. The molecule has 0 bridgehead atoms. The molecule has 25 heavy (non-hydrogen) atoms. The van der Waals surface area contributed by atoms with Crippen molar-refractivity contribution in [3.05, 3.63) is 59.7 Å². The van der Waals surface area contributed by atoms with Gasteiger partial charge in [0, 0.05) is 39.4 Å². The molecule has 0 heterocycles. The van der Waals surface area contributed by atoms with Gasteiger partial charge in [-0.1, -0.05) is 36.4 Å². The van der Waals surface area contributed by atoms with Crippen LogP contribution in [0.1, 0.15) is 11.1 Å². The third kappa shape index (κ3) is 4.81. The Hall–Kier alpha value is -1.89. The first kappa shape index (κ1) is 19.4. The molecular weight excluding hydrogens is 334 g/mol. The summed E-state index contributed by atoms with van der Waals surface area (Å²) in [6.07, 6.45) is 0.659. The van der Waals surface area contributed by atoms with Crippen molar-refractivity contribution in [3.63, 3.8) is 0 Å². The maximum atomic E-state index is 13.1. The molecule has 2 aromatic rings. The first-order valence-electron chi connectivity index (χ1n) is 8.38. The molecule has 2 N–H and O–H groups in total. The number of nitrogens with zero attached hydrogens (tertiary/aromatic N) is 2. The minimum absolute atomic E-state index is 0.292. The molecule has 0 fully saturated rings. The summed E-state index contributed by atoms with van der Waals surface area (Å²) in [5.74, 6) is 0. The van der Waals surface area contributed by atoms with E-state index in [1.54, 1.807) is 12.1 Å². The number of anilines is 1. The third-order valence-corrected chi connectivity index (χ3v) is 6.07. The highest BCUT2D eigenvalue weighted by Crippen LogP contribution is 2.24. The topological polar surface area (TPSA) is 66.6 Å². The Morgan fingerprint density at radius 3 is 2.28 bits per heavy atom. The van der Waals surface area contributed by atoms with E-state index in [4.69, 9.17) is 5.73 Å². The van der Waals surface area contributed by atoms with Crippen LogP contribution in [-0.2, 0) is 16.4 Å². The van der Waals surface area contributed by atoms with E-state index < -0.39 is 10.0 Å². The minimum atomic E-state index is -3.58. The van der Waals surface area contributed by atoms with Crippen LogP contribution in [0, 0.1) is 6.92 Å². The molecular formula is C19H27N3O2S. The standard InChI is InChI=1S/C19H27N3O2S/c1-16-9-10-18(15-19(16)21(2)3)25(23,24)22(14-12-20)13-11-17-7-5-4-6-8-17/h4-10,15H,11-14,20H2,1-3H3. The lowest BCUT2D eigenvalue weighted by Gasteiger charge is -2.23. The molecule has 0 radical (unpaired) electrons. The van der Waals surface area contributed by atoms with Crippen molar-refractivity contribution in [2.45, 2.75) is 18.2 Å². The first-order chi connectivity index (χ1) is 11.9. The van der Waals surface area contributed by atoms with Gasteiger partial charge in [0.15, 0.2) is 0 Å². The minimum Gasteiger partial charge on any atom is -0.377 e. The second-order valence-electron chi connectivity index (χ2n) is 6.27. The number of hydrogen-bond acceptors (Lipinski definition) is 4. The summed E-state index contributed by atoms with van der Waals surface area (Å²) >= 11 is 0. The van der Waals surface area contributed by atoms with Gasteiger partial charge in [0.2, 0.25) is 10.0 Å². The quantitative estimate of drug-likeness (QED) is 0.783. The molecule has 0 amide bonds. The number of hydrogen-bond donors (Lipinski definition) is 1. The van der Waals surface area contributed by atoms with E-state index in [0.29, 0.717) is 31.0 Å². The van der Waals surface area contributed by atoms with Crippen molar-refractivity contribution >= 4 is 15.7 Å². The SMILES string of the molecule is Cc1ccc(S(=O)(=O)N(CCN)CCc2ccccc2)cc1N(C)C. The van der Waals surface area contributed by atoms with E-state index in [2.05, 4.69) is 0 Å². The number of nitrogens with two attached hydrogens (primary N) is 1. The lowest BCUT2D eigenvalue weighted by Crippen LogP contribution is -2.37. The van der Waals surface area contributed by atoms with E-state index in [1.165, 1.54) is 4.31 Å². The average molecular weight is 362 g/mol. The van der Waals surface area contributed by atoms with Gasteiger partial charge in [-0.05, 0) is 36.6 Å². The molecule has 5 nitrogen and oxygen atoms in total. The molecule has 0 atom stereocenters. The van der Waals surface area contributed by atoms with Crippen LogP contribution in [0.3, 0.4) is 0 Å². The van der Waals surface area contributed by atoms with Crippen molar-refractivity contribution in [2.24, 2.45) is 5.73 Å². The number of rotatable bonds is 8. The highest BCUT2D eigenvalue weighted by molar-refractivity contribution is 7.89. The number of sulfonamides is 1. The zero-order valence-electron chi connectivity index (χ0n) is 15.1. The highest BCUT2D eigenvalue weighted by atomic mass is 32.2. The van der Waals surface area contributed by atoms with Gasteiger partial charge in [-0.15, -0.1) is 0 Å². The smallest absolute Gasteiger partial charge is 0.243 e. The molecule has 2 aromatic carbocycles. The lowest BCUT2D eigenvalue weighted by atomic mass is 10.1. The van der Waals surface area contributed by atoms with E-state index in [1.807, 2.05) is 62.3 Å². The van der Waals surface area contributed by atoms with Gasteiger partial charge in [0.1, 0.15) is 0 Å². The van der Waals surface area contributed by atoms with Crippen LogP contribution in [0.5, 0.6) is 0 Å². The van der Waals surface area contributed by atoms with Gasteiger partial charge in [0.05, 0.1) is 4.90 Å². The van der Waals surface area contributed by atoms with Crippen molar-refractivity contribution < 1.29 is 8.42 Å². The average Bonchev–Trinajstić information content (AvgIpc) is 2.59. The van der Waals surface area contributed by atoms with E-state index in [-0.39, 0.29) is 0 Å². The van der Waals surface area contributed by atoms with E-state index in [9.17, 15) is 8.42 Å². The van der Waals surface area contributed by atoms with Crippen LogP contribution in [0.15, 0.2) is 53.4 Å². The number of aryl methyl sites for hydroxylation is 1. The summed E-state index contributed by atoms with van der Waals surface area (Å²) in [4.78, 5) is 2.23. The van der Waals surface area contributed by atoms with Gasteiger partial charge >= 0.3 is 0 Å². The maximum Gasteiger partial charge on any atom is 0.243 e. The summed E-state index contributed by atoms with van der Waals surface area (Å²) < 4.78 is 27.6. The molecule has 136 valence electrons. The molecule has 0 unspecified atom stereocenters. The Labute approximate surface area is 151 Å². The molecule has 2 rings (SSSR count). The molecule has 0 spiro atoms. The fourth-order valence-electron chi connectivity index (χ4n) is 2.78. The van der Waals surface area contributed by atoms with Crippen LogP contribution >= 0.6 is 0 Å². The molecule has 0 saturated heterocycles. The van der Waals surface area contributed by atoms with Crippen molar-refractivity contribution in [1.82, 2.24) is 4.31 Å². The predicted octanol–water partition coefficient (Wildman–Crippen LogP) is 2.25. The highest BCUT2D eigenvalue weighted by Gasteiger charge is 2.24. The van der Waals surface area contributed by atoms with Gasteiger partial charge in [-0.3, -0.25) is 0 Å². The molecule has 0 aliphatic carbocycles. The fraction of sp³-hybridized carbons (Fsp3) is 0.368. The van der Waals surface area contributed by atoms with Gasteiger partial charge in [0.25, 0.3) is 0 Å². The zero-order valence-corrected chi connectivity index (χ0v) is 16.0. The van der Waals surface area contributed by atoms with Crippen molar-refractivity contribution in [1.29, 1.82) is 0 Å². The fourth-order valence-corrected chi connectivity index (χ4v) is 4.25. The van der Waals surface area contributed by atoms with Crippen molar-refractivity contribution in [3.8, 4) is 0 Å². The molecule has 0 saturated carbocycles. The Bertz CT molecular complexity index is 790. The van der Waals surface area contributed by atoms with Crippen LogP contribution in [0.25, 0.3) is 0 Å². The van der Waals surface area contributed by atoms with Gasteiger partial charge < -0.3 is 10.6 Å². The maximum absolute atomic E-state index is 13.1. The summed E-state index contributed by atoms with van der Waals surface area (Å²) in [6, 6.07) is 15.1. The molecule has 0 aliphatic heterocycles. The van der Waals surface area contributed by atoms with Gasteiger partial charge in [-0.2, -0.15) is 4.31 Å². The third-order valence-electron chi connectivity index (χ3n) is 4.17. The van der Waals surface area contributed by atoms with Gasteiger partial charge in [-0.25, -0.2) is 8.42 Å². The van der Waals surface area contributed by atoms with Crippen molar-refractivity contribution in [2.75, 3.05) is 38.6 Å². The predicted molar refractivity (Wildman–Crippen MR) is 103 cm³/mol. The van der Waals surface area contributed by atoms with Crippen LogP contribution in [0.4, 0.5) is 5.69 Å². The Kier molecular flexibility index (Phi) is 6.58.